The van der Waals surface area contributed by atoms with Crippen molar-refractivity contribution in [1.82, 2.24) is 10.5 Å². The maximum atomic E-state index is 11.7. The molecule has 2 rings (SSSR count). The molecule has 1 aromatic heterocycles. The van der Waals surface area contributed by atoms with Crippen LogP contribution in [0.5, 0.6) is 0 Å². The van der Waals surface area contributed by atoms with Crippen molar-refractivity contribution in [1.29, 1.82) is 0 Å². The van der Waals surface area contributed by atoms with E-state index in [4.69, 9.17) is 5.11 Å². The van der Waals surface area contributed by atoms with Gasteiger partial charge in [-0.05, 0) is 5.56 Å². The van der Waals surface area contributed by atoms with Gasteiger partial charge in [0, 0.05) is 12.5 Å². The molecule has 0 aliphatic rings. The standard InChI is InChI=1S/C13H12N2O4/c16-12(10-6-7-19-15-10)14-11(13(17)18)8-9-4-2-1-3-5-9/h1-7,11H,8H2,(H,14,16)(H,17,18)/t11-/m0/s1. The molecule has 0 saturated carbocycles. The van der Waals surface area contributed by atoms with Crippen molar-refractivity contribution in [2.75, 3.05) is 0 Å². The summed E-state index contributed by atoms with van der Waals surface area (Å²) in [6.07, 6.45) is 1.46. The predicted octanol–water partition coefficient (Wildman–Crippen LogP) is 1.10. The lowest BCUT2D eigenvalue weighted by atomic mass is 10.1. The van der Waals surface area contributed by atoms with Crippen molar-refractivity contribution in [2.45, 2.75) is 12.5 Å². The maximum absolute atomic E-state index is 11.7. The molecule has 1 amide bonds. The SMILES string of the molecule is O=C(N[C@@H](Cc1ccccc1)C(=O)O)c1ccon1. The van der Waals surface area contributed by atoms with Crippen molar-refractivity contribution in [2.24, 2.45) is 0 Å². The number of aliphatic carboxylic acids is 1. The lowest BCUT2D eigenvalue weighted by molar-refractivity contribution is -0.139. The van der Waals surface area contributed by atoms with Gasteiger partial charge in [0.2, 0.25) is 0 Å². The quantitative estimate of drug-likeness (QED) is 0.839. The Kier molecular flexibility index (Phi) is 3.92. The molecule has 98 valence electrons. The van der Waals surface area contributed by atoms with E-state index in [0.717, 1.165) is 5.56 Å². The van der Waals surface area contributed by atoms with E-state index in [1.807, 2.05) is 18.2 Å². The van der Waals surface area contributed by atoms with Gasteiger partial charge in [-0.2, -0.15) is 0 Å². The number of benzene rings is 1. The molecular formula is C13H12N2O4. The number of nitrogens with zero attached hydrogens (tertiary/aromatic N) is 1. The number of amides is 1. The van der Waals surface area contributed by atoms with Gasteiger partial charge in [0.25, 0.3) is 5.91 Å². The summed E-state index contributed by atoms with van der Waals surface area (Å²) in [6.45, 7) is 0. The lowest BCUT2D eigenvalue weighted by Gasteiger charge is -2.13. The maximum Gasteiger partial charge on any atom is 0.326 e. The van der Waals surface area contributed by atoms with E-state index in [1.54, 1.807) is 12.1 Å². The molecule has 0 aliphatic carbocycles. The number of hydrogen-bond acceptors (Lipinski definition) is 4. The van der Waals surface area contributed by atoms with Crippen LogP contribution < -0.4 is 5.32 Å². The molecule has 0 bridgehead atoms. The number of nitrogens with one attached hydrogen (secondary N) is 1. The van der Waals surface area contributed by atoms with Crippen LogP contribution in [0.1, 0.15) is 16.1 Å². The Labute approximate surface area is 109 Å². The first-order chi connectivity index (χ1) is 9.16. The minimum atomic E-state index is -1.10. The van der Waals surface area contributed by atoms with Crippen molar-refractivity contribution < 1.29 is 19.2 Å². The molecule has 0 fully saturated rings. The van der Waals surface area contributed by atoms with Crippen LogP contribution in [-0.2, 0) is 11.2 Å². The van der Waals surface area contributed by atoms with Crippen molar-refractivity contribution in [3.05, 3.63) is 53.9 Å². The van der Waals surface area contributed by atoms with Gasteiger partial charge in [0.1, 0.15) is 12.3 Å². The molecule has 19 heavy (non-hydrogen) atoms. The Morgan fingerprint density at radius 3 is 2.58 bits per heavy atom. The van der Waals surface area contributed by atoms with E-state index >= 15 is 0 Å². The molecule has 6 heteroatoms. The highest BCUT2D eigenvalue weighted by Gasteiger charge is 2.22. The van der Waals surface area contributed by atoms with Crippen LogP contribution in [-0.4, -0.2) is 28.2 Å². The lowest BCUT2D eigenvalue weighted by Crippen LogP contribution is -2.42. The van der Waals surface area contributed by atoms with Gasteiger partial charge in [-0.3, -0.25) is 4.79 Å². The molecule has 0 radical (unpaired) electrons. The van der Waals surface area contributed by atoms with Crippen molar-refractivity contribution >= 4 is 11.9 Å². The number of carbonyl (C=O) groups excluding carboxylic acids is 1. The molecule has 6 nitrogen and oxygen atoms in total. The highest BCUT2D eigenvalue weighted by atomic mass is 16.5. The number of carboxylic acids is 1. The second kappa shape index (κ2) is 5.81. The number of hydrogen-bond donors (Lipinski definition) is 2. The molecule has 2 N–H and O–H groups in total. The van der Waals surface area contributed by atoms with Crippen LogP contribution in [0.15, 0.2) is 47.2 Å². The minimum Gasteiger partial charge on any atom is -0.480 e. The van der Waals surface area contributed by atoms with Gasteiger partial charge in [-0.15, -0.1) is 0 Å². The largest absolute Gasteiger partial charge is 0.480 e. The fraction of sp³-hybridized carbons (Fsp3) is 0.154. The van der Waals surface area contributed by atoms with E-state index in [2.05, 4.69) is 15.0 Å². The average molecular weight is 260 g/mol. The minimum absolute atomic E-state index is 0.0549. The Hall–Kier alpha value is -2.63. The molecular weight excluding hydrogens is 248 g/mol. The summed E-state index contributed by atoms with van der Waals surface area (Å²) in [5.74, 6) is -1.67. The fourth-order valence-corrected chi connectivity index (χ4v) is 1.61. The third-order valence-corrected chi connectivity index (χ3v) is 2.56. The summed E-state index contributed by atoms with van der Waals surface area (Å²) in [5.41, 5.74) is 0.884. The van der Waals surface area contributed by atoms with E-state index in [0.29, 0.717) is 0 Å². The Balaban J connectivity index is 2.05. The highest BCUT2D eigenvalue weighted by molar-refractivity contribution is 5.94. The number of carboxylic acid groups (broad SMARTS) is 1. The topological polar surface area (TPSA) is 92.4 Å². The van der Waals surface area contributed by atoms with Crippen molar-refractivity contribution in [3.63, 3.8) is 0 Å². The van der Waals surface area contributed by atoms with Crippen LogP contribution in [0, 0.1) is 0 Å². The molecule has 0 unspecified atom stereocenters. The van der Waals surface area contributed by atoms with Crippen LogP contribution in [0.4, 0.5) is 0 Å². The fourth-order valence-electron chi connectivity index (χ4n) is 1.61. The summed E-state index contributed by atoms with van der Waals surface area (Å²) in [5, 5.41) is 15.0. The van der Waals surface area contributed by atoms with Gasteiger partial charge < -0.3 is 14.9 Å². The van der Waals surface area contributed by atoms with Crippen LogP contribution >= 0.6 is 0 Å². The molecule has 0 saturated heterocycles. The highest BCUT2D eigenvalue weighted by Crippen LogP contribution is 2.04. The van der Waals surface area contributed by atoms with E-state index in [1.165, 1.54) is 12.3 Å². The molecule has 1 aromatic carbocycles. The first-order valence-electron chi connectivity index (χ1n) is 5.65. The zero-order chi connectivity index (χ0) is 13.7. The zero-order valence-corrected chi connectivity index (χ0v) is 9.95. The second-order valence-electron chi connectivity index (χ2n) is 3.94. The average Bonchev–Trinajstić information content (AvgIpc) is 2.93. The number of aromatic nitrogens is 1. The monoisotopic (exact) mass is 260 g/mol. The van der Waals surface area contributed by atoms with E-state index in [9.17, 15) is 9.59 Å². The third kappa shape index (κ3) is 3.41. The zero-order valence-electron chi connectivity index (χ0n) is 9.95. The van der Waals surface area contributed by atoms with E-state index in [-0.39, 0.29) is 12.1 Å². The first kappa shape index (κ1) is 12.8. The first-order valence-corrected chi connectivity index (χ1v) is 5.65. The van der Waals surface area contributed by atoms with Gasteiger partial charge in [0.05, 0.1) is 0 Å². The summed E-state index contributed by atoms with van der Waals surface area (Å²) < 4.78 is 4.54. The molecule has 1 heterocycles. The summed E-state index contributed by atoms with van der Waals surface area (Å²) in [4.78, 5) is 22.9. The summed E-state index contributed by atoms with van der Waals surface area (Å²) >= 11 is 0. The Bertz CT molecular complexity index is 551. The van der Waals surface area contributed by atoms with Gasteiger partial charge >= 0.3 is 5.97 Å². The van der Waals surface area contributed by atoms with Crippen molar-refractivity contribution in [3.8, 4) is 0 Å². The smallest absolute Gasteiger partial charge is 0.326 e. The number of carbonyl (C=O) groups is 2. The van der Waals surface area contributed by atoms with E-state index < -0.39 is 17.9 Å². The molecule has 0 spiro atoms. The number of rotatable bonds is 5. The normalized spacial score (nSPS) is 11.8. The van der Waals surface area contributed by atoms with Crippen LogP contribution in [0.3, 0.4) is 0 Å². The Morgan fingerprint density at radius 2 is 2.00 bits per heavy atom. The molecule has 1 atom stereocenters. The van der Waals surface area contributed by atoms with Crippen LogP contribution in [0.25, 0.3) is 0 Å². The molecule has 0 aliphatic heterocycles. The summed E-state index contributed by atoms with van der Waals surface area (Å²) in [7, 11) is 0. The summed E-state index contributed by atoms with van der Waals surface area (Å²) in [6, 6.07) is 9.44. The van der Waals surface area contributed by atoms with Crippen LogP contribution in [0.2, 0.25) is 0 Å². The van der Waals surface area contributed by atoms with Gasteiger partial charge in [-0.25, -0.2) is 4.79 Å². The third-order valence-electron chi connectivity index (χ3n) is 2.56. The molecule has 2 aromatic rings. The van der Waals surface area contributed by atoms with Gasteiger partial charge in [0.15, 0.2) is 5.69 Å². The Morgan fingerprint density at radius 1 is 1.26 bits per heavy atom. The second-order valence-corrected chi connectivity index (χ2v) is 3.94. The van der Waals surface area contributed by atoms with Gasteiger partial charge in [-0.1, -0.05) is 35.5 Å². The predicted molar refractivity (Wildman–Crippen MR) is 65.5 cm³/mol.